The maximum atomic E-state index is 12.5. The Balaban J connectivity index is 2.11. The second kappa shape index (κ2) is 8.42. The van der Waals surface area contributed by atoms with Crippen molar-refractivity contribution < 1.29 is 9.59 Å². The topological polar surface area (TPSA) is 90.9 Å². The van der Waals surface area contributed by atoms with Crippen molar-refractivity contribution in [2.75, 3.05) is 5.12 Å². The van der Waals surface area contributed by atoms with Gasteiger partial charge in [-0.2, -0.15) is 0 Å². The predicted molar refractivity (Wildman–Crippen MR) is 90.6 cm³/mol. The van der Waals surface area contributed by atoms with E-state index in [0.29, 0.717) is 12.1 Å². The summed E-state index contributed by atoms with van der Waals surface area (Å²) in [6.45, 7) is 1.33. The first-order valence-electron chi connectivity index (χ1n) is 7.40. The molecular formula is C17H18N4O3. The lowest BCUT2D eigenvalue weighted by molar-refractivity contribution is -0.128. The van der Waals surface area contributed by atoms with Crippen molar-refractivity contribution in [1.29, 1.82) is 0 Å². The molecule has 0 aliphatic rings. The van der Waals surface area contributed by atoms with Gasteiger partial charge in [0.1, 0.15) is 6.04 Å². The van der Waals surface area contributed by atoms with Gasteiger partial charge in [0.2, 0.25) is 5.91 Å². The van der Waals surface area contributed by atoms with Crippen LogP contribution in [0.15, 0.2) is 65.9 Å². The molecule has 0 saturated heterocycles. The van der Waals surface area contributed by atoms with Gasteiger partial charge in [-0.1, -0.05) is 48.5 Å². The van der Waals surface area contributed by atoms with Crippen molar-refractivity contribution in [1.82, 2.24) is 10.7 Å². The second-order valence-electron chi connectivity index (χ2n) is 5.15. The van der Waals surface area contributed by atoms with E-state index in [-0.39, 0.29) is 5.91 Å². The Morgan fingerprint density at radius 3 is 2.17 bits per heavy atom. The maximum absolute atomic E-state index is 12.5. The molecule has 0 aromatic heterocycles. The van der Waals surface area contributed by atoms with Gasteiger partial charge in [0.25, 0.3) is 5.91 Å². The normalized spacial score (nSPS) is 11.2. The lowest BCUT2D eigenvalue weighted by Gasteiger charge is -2.21. The summed E-state index contributed by atoms with van der Waals surface area (Å²) in [7, 11) is 0. The van der Waals surface area contributed by atoms with Crippen LogP contribution in [0.1, 0.15) is 12.5 Å². The zero-order valence-electron chi connectivity index (χ0n) is 13.2. The van der Waals surface area contributed by atoms with E-state index >= 15 is 0 Å². The number of rotatable bonds is 7. The Hall–Kier alpha value is -3.22. The number of amides is 2. The van der Waals surface area contributed by atoms with Gasteiger partial charge in [-0.05, 0) is 17.7 Å². The second-order valence-corrected chi connectivity index (χ2v) is 5.15. The average Bonchev–Trinajstić information content (AvgIpc) is 2.60. The number of hydrazine groups is 1. The van der Waals surface area contributed by atoms with Crippen molar-refractivity contribution in [2.24, 2.45) is 5.29 Å². The first kappa shape index (κ1) is 17.1. The lowest BCUT2D eigenvalue weighted by atomic mass is 10.1. The van der Waals surface area contributed by atoms with Crippen LogP contribution >= 0.6 is 0 Å². The third-order valence-corrected chi connectivity index (χ3v) is 3.28. The fraction of sp³-hybridized carbons (Fsp3) is 0.176. The quantitative estimate of drug-likeness (QED) is 0.601. The molecule has 7 nitrogen and oxygen atoms in total. The summed E-state index contributed by atoms with van der Waals surface area (Å²) < 4.78 is 0. The zero-order chi connectivity index (χ0) is 17.4. The lowest BCUT2D eigenvalue weighted by Crippen LogP contribution is -2.51. The van der Waals surface area contributed by atoms with E-state index in [2.05, 4.69) is 16.0 Å². The van der Waals surface area contributed by atoms with Crippen LogP contribution in [-0.2, 0) is 16.0 Å². The number of nitroso groups, excluding NO2 is 1. The summed E-state index contributed by atoms with van der Waals surface area (Å²) in [6, 6.07) is 16.9. The van der Waals surface area contributed by atoms with Crippen LogP contribution in [0.2, 0.25) is 0 Å². The Kier molecular flexibility index (Phi) is 6.01. The van der Waals surface area contributed by atoms with E-state index in [0.717, 1.165) is 10.7 Å². The van der Waals surface area contributed by atoms with Gasteiger partial charge < -0.3 is 5.32 Å². The molecule has 2 rings (SSSR count). The third-order valence-electron chi connectivity index (χ3n) is 3.28. The maximum Gasteiger partial charge on any atom is 0.263 e. The summed E-state index contributed by atoms with van der Waals surface area (Å²) in [4.78, 5) is 34.9. The summed E-state index contributed by atoms with van der Waals surface area (Å²) in [5.74, 6) is -0.867. The number of hydrogen-bond donors (Lipinski definition) is 2. The van der Waals surface area contributed by atoms with Crippen molar-refractivity contribution in [3.63, 3.8) is 0 Å². The average molecular weight is 326 g/mol. The Morgan fingerprint density at radius 2 is 1.62 bits per heavy atom. The summed E-state index contributed by atoms with van der Waals surface area (Å²) >= 11 is 0. The number of hydrogen-bond acceptors (Lipinski definition) is 4. The predicted octanol–water partition coefficient (Wildman–Crippen LogP) is 1.95. The molecule has 1 atom stereocenters. The van der Waals surface area contributed by atoms with E-state index in [1.54, 1.807) is 30.3 Å². The minimum atomic E-state index is -0.821. The van der Waals surface area contributed by atoms with Gasteiger partial charge in [-0.3, -0.25) is 9.59 Å². The number of anilines is 1. The molecule has 0 unspecified atom stereocenters. The van der Waals surface area contributed by atoms with E-state index in [1.165, 1.54) is 6.92 Å². The molecule has 0 fully saturated rings. The molecular weight excluding hydrogens is 308 g/mol. The van der Waals surface area contributed by atoms with E-state index in [1.807, 2.05) is 30.3 Å². The van der Waals surface area contributed by atoms with Gasteiger partial charge in [-0.25, -0.2) is 5.43 Å². The van der Waals surface area contributed by atoms with Gasteiger partial charge in [0, 0.05) is 13.3 Å². The van der Waals surface area contributed by atoms with Crippen molar-refractivity contribution in [3.8, 4) is 0 Å². The van der Waals surface area contributed by atoms with Crippen LogP contribution in [0.5, 0.6) is 0 Å². The SMILES string of the molecule is CC(=O)N[C@@H](Cc1ccccc1)C(=O)NN(N=O)c1ccccc1. The van der Waals surface area contributed by atoms with Crippen LogP contribution in [0.4, 0.5) is 5.69 Å². The Bertz CT molecular complexity index is 691. The zero-order valence-corrected chi connectivity index (χ0v) is 13.2. The third kappa shape index (κ3) is 4.91. The fourth-order valence-corrected chi connectivity index (χ4v) is 2.19. The number of nitrogens with one attached hydrogen (secondary N) is 2. The van der Waals surface area contributed by atoms with Gasteiger partial charge >= 0.3 is 0 Å². The van der Waals surface area contributed by atoms with Crippen LogP contribution in [0.3, 0.4) is 0 Å². The first-order valence-corrected chi connectivity index (χ1v) is 7.40. The Morgan fingerprint density at radius 1 is 1.04 bits per heavy atom. The molecule has 124 valence electrons. The molecule has 7 heteroatoms. The fourth-order valence-electron chi connectivity index (χ4n) is 2.19. The van der Waals surface area contributed by atoms with Crippen LogP contribution < -0.4 is 15.9 Å². The largest absolute Gasteiger partial charge is 0.344 e. The van der Waals surface area contributed by atoms with Crippen LogP contribution in [0.25, 0.3) is 0 Å². The number of para-hydroxylation sites is 1. The van der Waals surface area contributed by atoms with Crippen LogP contribution in [-0.4, -0.2) is 17.9 Å². The highest BCUT2D eigenvalue weighted by molar-refractivity contribution is 5.88. The van der Waals surface area contributed by atoms with Crippen molar-refractivity contribution in [3.05, 3.63) is 71.1 Å². The summed E-state index contributed by atoms with van der Waals surface area (Å²) in [5.41, 5.74) is 3.71. The highest BCUT2D eigenvalue weighted by atomic mass is 16.3. The van der Waals surface area contributed by atoms with E-state index < -0.39 is 11.9 Å². The number of carbonyl (C=O) groups is 2. The monoisotopic (exact) mass is 326 g/mol. The molecule has 0 saturated carbocycles. The molecule has 2 N–H and O–H groups in total. The molecule has 2 aromatic rings. The molecule has 0 spiro atoms. The molecule has 0 aliphatic carbocycles. The minimum absolute atomic E-state index is 0.299. The molecule has 24 heavy (non-hydrogen) atoms. The molecule has 0 radical (unpaired) electrons. The van der Waals surface area contributed by atoms with Crippen molar-refractivity contribution in [2.45, 2.75) is 19.4 Å². The van der Waals surface area contributed by atoms with Gasteiger partial charge in [0.15, 0.2) is 0 Å². The van der Waals surface area contributed by atoms with Gasteiger partial charge in [0.05, 0.1) is 11.0 Å². The standard InChI is InChI=1S/C17H18N4O3/c1-13(22)18-16(12-14-8-4-2-5-9-14)17(23)19-21(20-24)15-10-6-3-7-11-15/h2-11,16H,12H2,1H3,(H,18,22)(H,19,23)/t16-/m0/s1. The van der Waals surface area contributed by atoms with Crippen LogP contribution in [0, 0.1) is 4.91 Å². The molecule has 0 aliphatic heterocycles. The number of carbonyl (C=O) groups excluding carboxylic acids is 2. The number of benzene rings is 2. The molecule has 0 bridgehead atoms. The van der Waals surface area contributed by atoms with Crippen molar-refractivity contribution >= 4 is 17.5 Å². The summed E-state index contributed by atoms with van der Waals surface area (Å²) in [6.07, 6.45) is 0.299. The smallest absolute Gasteiger partial charge is 0.263 e. The molecule has 2 amide bonds. The molecule has 2 aromatic carbocycles. The highest BCUT2D eigenvalue weighted by Gasteiger charge is 2.22. The summed E-state index contributed by atoms with van der Waals surface area (Å²) in [5, 5.41) is 6.23. The van der Waals surface area contributed by atoms with E-state index in [9.17, 15) is 14.5 Å². The minimum Gasteiger partial charge on any atom is -0.344 e. The molecule has 0 heterocycles. The number of nitrogens with zero attached hydrogens (tertiary/aromatic N) is 2. The van der Waals surface area contributed by atoms with Gasteiger partial charge in [-0.15, -0.1) is 10.0 Å². The highest BCUT2D eigenvalue weighted by Crippen LogP contribution is 2.11. The first-order chi connectivity index (χ1) is 11.6. The van der Waals surface area contributed by atoms with E-state index in [4.69, 9.17) is 0 Å². The Labute approximate surface area is 139 Å².